The summed E-state index contributed by atoms with van der Waals surface area (Å²) < 4.78 is 0.998. The predicted molar refractivity (Wildman–Crippen MR) is 120 cm³/mol. The largest absolute Gasteiger partial charge is 0.346 e. The summed E-state index contributed by atoms with van der Waals surface area (Å²) in [5.74, 6) is -0.233. The minimum absolute atomic E-state index is 0.233. The van der Waals surface area contributed by atoms with Crippen molar-refractivity contribution < 1.29 is 4.79 Å². The molecule has 3 aromatic rings. The van der Waals surface area contributed by atoms with Gasteiger partial charge in [-0.1, -0.05) is 60.1 Å². The number of fused-ring (bicyclic) bond motifs is 1. The van der Waals surface area contributed by atoms with Crippen LogP contribution in [0.1, 0.15) is 15.2 Å². The van der Waals surface area contributed by atoms with E-state index < -0.39 is 0 Å². The fourth-order valence-corrected chi connectivity index (χ4v) is 5.03. The number of thiophene rings is 1. The minimum Gasteiger partial charge on any atom is -0.346 e. The maximum absolute atomic E-state index is 12.7. The highest BCUT2D eigenvalue weighted by atomic mass is 35.5. The summed E-state index contributed by atoms with van der Waals surface area (Å²) in [6.45, 7) is 4.35. The van der Waals surface area contributed by atoms with Gasteiger partial charge >= 0.3 is 0 Å². The maximum atomic E-state index is 12.7. The van der Waals surface area contributed by atoms with E-state index in [1.165, 1.54) is 16.9 Å². The average Bonchev–Trinajstić information content (AvgIpc) is 3.06. The molecule has 0 bridgehead atoms. The lowest BCUT2D eigenvalue weighted by Crippen LogP contribution is -2.52. The molecule has 1 N–H and O–H groups in total. The zero-order valence-electron chi connectivity index (χ0n) is 15.2. The number of thiocarbonyl (C=S) groups is 1. The Labute approximate surface area is 178 Å². The van der Waals surface area contributed by atoms with E-state index in [0.29, 0.717) is 15.0 Å². The second-order valence-electron chi connectivity index (χ2n) is 6.75. The van der Waals surface area contributed by atoms with E-state index in [4.69, 9.17) is 23.8 Å². The Morgan fingerprint density at radius 3 is 2.43 bits per heavy atom. The average molecular weight is 430 g/mol. The predicted octanol–water partition coefficient (Wildman–Crippen LogP) is 4.39. The molecule has 7 heteroatoms. The van der Waals surface area contributed by atoms with Crippen LogP contribution in [0.2, 0.25) is 5.02 Å². The van der Waals surface area contributed by atoms with Crippen molar-refractivity contribution >= 4 is 56.3 Å². The van der Waals surface area contributed by atoms with Crippen LogP contribution in [0, 0.1) is 0 Å². The number of piperazine rings is 1. The van der Waals surface area contributed by atoms with Crippen LogP contribution in [0.5, 0.6) is 0 Å². The molecule has 0 spiro atoms. The van der Waals surface area contributed by atoms with Crippen LogP contribution in [0.3, 0.4) is 0 Å². The Morgan fingerprint density at radius 1 is 1.04 bits per heavy atom. The molecular weight excluding hydrogens is 410 g/mol. The van der Waals surface area contributed by atoms with Gasteiger partial charge in [0.25, 0.3) is 5.91 Å². The Bertz CT molecular complexity index is 997. The van der Waals surface area contributed by atoms with Gasteiger partial charge in [-0.05, 0) is 23.8 Å². The number of nitrogens with zero attached hydrogens (tertiary/aromatic N) is 2. The SMILES string of the molecule is O=C(NC(=S)N1CCN(Cc2ccccc2)CC1)c1sc2ccccc2c1Cl. The summed E-state index contributed by atoms with van der Waals surface area (Å²) in [5, 5.41) is 4.73. The van der Waals surface area contributed by atoms with Gasteiger partial charge in [0, 0.05) is 42.8 Å². The lowest BCUT2D eigenvalue weighted by atomic mass is 10.2. The van der Waals surface area contributed by atoms with E-state index in [-0.39, 0.29) is 5.91 Å². The van der Waals surface area contributed by atoms with E-state index in [0.717, 1.165) is 42.8 Å². The number of rotatable bonds is 3. The molecule has 144 valence electrons. The van der Waals surface area contributed by atoms with Crippen LogP contribution in [-0.2, 0) is 6.54 Å². The zero-order chi connectivity index (χ0) is 19.5. The highest BCUT2D eigenvalue weighted by Gasteiger charge is 2.22. The monoisotopic (exact) mass is 429 g/mol. The number of amides is 1. The van der Waals surface area contributed by atoms with Crippen LogP contribution in [0.15, 0.2) is 54.6 Å². The van der Waals surface area contributed by atoms with Gasteiger partial charge in [0.1, 0.15) is 4.88 Å². The Morgan fingerprint density at radius 2 is 1.71 bits per heavy atom. The highest BCUT2D eigenvalue weighted by molar-refractivity contribution is 7.80. The van der Waals surface area contributed by atoms with Crippen LogP contribution < -0.4 is 5.32 Å². The lowest BCUT2D eigenvalue weighted by Gasteiger charge is -2.36. The van der Waals surface area contributed by atoms with Crippen LogP contribution in [0.4, 0.5) is 0 Å². The third kappa shape index (κ3) is 4.20. The summed E-state index contributed by atoms with van der Waals surface area (Å²) in [6, 6.07) is 18.2. The van der Waals surface area contributed by atoms with E-state index >= 15 is 0 Å². The van der Waals surface area contributed by atoms with Crippen molar-refractivity contribution in [3.8, 4) is 0 Å². The van der Waals surface area contributed by atoms with Gasteiger partial charge in [0.05, 0.1) is 5.02 Å². The molecule has 0 aliphatic carbocycles. The fraction of sp³-hybridized carbons (Fsp3) is 0.238. The van der Waals surface area contributed by atoms with Gasteiger partial charge in [-0.25, -0.2) is 0 Å². The lowest BCUT2D eigenvalue weighted by molar-refractivity contribution is 0.0973. The van der Waals surface area contributed by atoms with Gasteiger partial charge in [-0.2, -0.15) is 0 Å². The Hall–Kier alpha value is -1.99. The first-order valence-corrected chi connectivity index (χ1v) is 10.8. The number of carbonyl (C=O) groups is 1. The van der Waals surface area contributed by atoms with Gasteiger partial charge < -0.3 is 4.90 Å². The van der Waals surface area contributed by atoms with Crippen LogP contribution in [-0.4, -0.2) is 47.0 Å². The van der Waals surface area contributed by atoms with Gasteiger partial charge in [0.15, 0.2) is 5.11 Å². The number of hydrogen-bond acceptors (Lipinski definition) is 4. The smallest absolute Gasteiger partial charge is 0.269 e. The second kappa shape index (κ2) is 8.57. The first-order chi connectivity index (χ1) is 13.6. The quantitative estimate of drug-likeness (QED) is 0.626. The molecule has 4 nitrogen and oxygen atoms in total. The Balaban J connectivity index is 1.34. The molecule has 1 aromatic heterocycles. The van der Waals surface area contributed by atoms with Gasteiger partial charge in [-0.15, -0.1) is 11.3 Å². The summed E-state index contributed by atoms with van der Waals surface area (Å²) in [7, 11) is 0. The Kier molecular flexibility index (Phi) is 5.92. The fourth-order valence-electron chi connectivity index (χ4n) is 3.34. The van der Waals surface area contributed by atoms with E-state index in [1.54, 1.807) is 0 Å². The molecule has 1 aliphatic heterocycles. The molecule has 1 saturated heterocycles. The topological polar surface area (TPSA) is 35.6 Å². The number of halogens is 1. The molecule has 28 heavy (non-hydrogen) atoms. The van der Waals surface area contributed by atoms with Crippen LogP contribution in [0.25, 0.3) is 10.1 Å². The first kappa shape index (κ1) is 19.3. The molecule has 0 saturated carbocycles. The molecule has 2 aromatic carbocycles. The molecule has 1 aliphatic rings. The molecule has 1 amide bonds. The summed E-state index contributed by atoms with van der Waals surface area (Å²) in [6.07, 6.45) is 0. The van der Waals surface area contributed by atoms with Crippen molar-refractivity contribution in [1.82, 2.24) is 15.1 Å². The minimum atomic E-state index is -0.233. The molecule has 0 unspecified atom stereocenters. The van der Waals surface area contributed by atoms with Crippen molar-refractivity contribution in [1.29, 1.82) is 0 Å². The van der Waals surface area contributed by atoms with Crippen molar-refractivity contribution in [2.24, 2.45) is 0 Å². The molecule has 2 heterocycles. The second-order valence-corrected chi connectivity index (χ2v) is 8.57. The van der Waals surface area contributed by atoms with Crippen molar-refractivity contribution in [3.05, 3.63) is 70.1 Å². The third-order valence-electron chi connectivity index (χ3n) is 4.87. The highest BCUT2D eigenvalue weighted by Crippen LogP contribution is 2.35. The molecule has 1 fully saturated rings. The van der Waals surface area contributed by atoms with Crippen molar-refractivity contribution in [2.45, 2.75) is 6.54 Å². The summed E-state index contributed by atoms with van der Waals surface area (Å²) in [4.78, 5) is 17.6. The molecule has 4 rings (SSSR count). The zero-order valence-corrected chi connectivity index (χ0v) is 17.6. The molecular formula is C21H20ClN3OS2. The maximum Gasteiger partial charge on any atom is 0.269 e. The van der Waals surface area contributed by atoms with Crippen molar-refractivity contribution in [2.75, 3.05) is 26.2 Å². The molecule has 0 atom stereocenters. The summed E-state index contributed by atoms with van der Waals surface area (Å²) >= 11 is 13.3. The van der Waals surface area contributed by atoms with Crippen molar-refractivity contribution in [3.63, 3.8) is 0 Å². The van der Waals surface area contributed by atoms with E-state index in [2.05, 4.69) is 39.4 Å². The van der Waals surface area contributed by atoms with Gasteiger partial charge in [-0.3, -0.25) is 15.0 Å². The standard InChI is InChI=1S/C21H20ClN3OS2/c22-18-16-8-4-5-9-17(16)28-19(18)20(26)23-21(27)25-12-10-24(11-13-25)14-15-6-2-1-3-7-15/h1-9H,10-14H2,(H,23,26,27). The van der Waals surface area contributed by atoms with Crippen LogP contribution >= 0.6 is 35.2 Å². The number of hydrogen-bond donors (Lipinski definition) is 1. The summed E-state index contributed by atoms with van der Waals surface area (Å²) in [5.41, 5.74) is 1.31. The number of benzene rings is 2. The number of carbonyl (C=O) groups excluding carboxylic acids is 1. The van der Waals surface area contributed by atoms with E-state index in [1.807, 2.05) is 30.3 Å². The number of nitrogens with one attached hydrogen (secondary N) is 1. The first-order valence-electron chi connectivity index (χ1n) is 9.15. The third-order valence-corrected chi connectivity index (χ3v) is 6.90. The molecule has 0 radical (unpaired) electrons. The van der Waals surface area contributed by atoms with Gasteiger partial charge in [0.2, 0.25) is 0 Å². The normalized spacial score (nSPS) is 15.0. The van der Waals surface area contributed by atoms with E-state index in [9.17, 15) is 4.79 Å².